The molecule has 6 heteroatoms. The van der Waals surface area contributed by atoms with Crippen LogP contribution in [0.2, 0.25) is 15.1 Å². The molecule has 1 unspecified atom stereocenters. The number of halogens is 3. The first-order valence-corrected chi connectivity index (χ1v) is 9.08. The number of para-hydroxylation sites is 1. The molecule has 0 saturated heterocycles. The zero-order valence-corrected chi connectivity index (χ0v) is 15.7. The van der Waals surface area contributed by atoms with Crippen molar-refractivity contribution >= 4 is 46.4 Å². The zero-order valence-electron chi connectivity index (χ0n) is 13.4. The Morgan fingerprint density at radius 3 is 2.23 bits per heavy atom. The average Bonchev–Trinajstić information content (AvgIpc) is 2.66. The fourth-order valence-electron chi connectivity index (χ4n) is 2.98. The summed E-state index contributed by atoms with van der Waals surface area (Å²) in [6.45, 7) is 0. The van der Waals surface area contributed by atoms with Gasteiger partial charge in [-0.25, -0.2) is 0 Å². The van der Waals surface area contributed by atoms with Crippen LogP contribution in [0.25, 0.3) is 11.1 Å². The van der Waals surface area contributed by atoms with E-state index in [2.05, 4.69) is 10.6 Å². The van der Waals surface area contributed by atoms with Crippen molar-refractivity contribution in [1.29, 1.82) is 0 Å². The summed E-state index contributed by atoms with van der Waals surface area (Å²) in [5.74, 6) is -0.0963. The average molecular weight is 404 g/mol. The number of nitrogens with one attached hydrogen (secondary N) is 2. The molecule has 0 bridgehead atoms. The predicted molar refractivity (Wildman–Crippen MR) is 107 cm³/mol. The first-order valence-electron chi connectivity index (χ1n) is 7.95. The van der Waals surface area contributed by atoms with Crippen LogP contribution in [0.1, 0.15) is 22.1 Å². The fraction of sp³-hybridized carbons (Fsp3) is 0.0500. The Balaban J connectivity index is 1.63. The van der Waals surface area contributed by atoms with Gasteiger partial charge in [0, 0.05) is 11.3 Å². The highest BCUT2D eigenvalue weighted by Crippen LogP contribution is 2.38. The molecule has 4 rings (SSSR count). The van der Waals surface area contributed by atoms with Gasteiger partial charge < -0.3 is 10.6 Å². The van der Waals surface area contributed by atoms with Gasteiger partial charge in [-0.3, -0.25) is 4.79 Å². The van der Waals surface area contributed by atoms with Gasteiger partial charge in [0.1, 0.15) is 6.17 Å². The van der Waals surface area contributed by atoms with Crippen molar-refractivity contribution in [2.45, 2.75) is 6.17 Å². The smallest absolute Gasteiger partial charge is 0.255 e. The molecule has 1 amide bonds. The van der Waals surface area contributed by atoms with Crippen LogP contribution in [0.3, 0.4) is 0 Å². The van der Waals surface area contributed by atoms with Crippen molar-refractivity contribution < 1.29 is 4.79 Å². The van der Waals surface area contributed by atoms with Crippen molar-refractivity contribution in [2.75, 3.05) is 5.32 Å². The second-order valence-corrected chi connectivity index (χ2v) is 7.10. The van der Waals surface area contributed by atoms with E-state index in [-0.39, 0.29) is 12.1 Å². The topological polar surface area (TPSA) is 41.1 Å². The van der Waals surface area contributed by atoms with Crippen LogP contribution in [0, 0.1) is 0 Å². The Hall–Kier alpha value is -2.20. The molecule has 0 radical (unpaired) electrons. The molecule has 3 nitrogen and oxygen atoms in total. The molecule has 0 aromatic heterocycles. The van der Waals surface area contributed by atoms with E-state index in [0.29, 0.717) is 20.6 Å². The maximum Gasteiger partial charge on any atom is 0.255 e. The van der Waals surface area contributed by atoms with E-state index in [1.54, 1.807) is 12.1 Å². The van der Waals surface area contributed by atoms with Crippen molar-refractivity contribution in [1.82, 2.24) is 5.32 Å². The second kappa shape index (κ2) is 6.84. The van der Waals surface area contributed by atoms with Crippen LogP contribution in [0.4, 0.5) is 5.69 Å². The van der Waals surface area contributed by atoms with E-state index in [1.807, 2.05) is 48.5 Å². The largest absolute Gasteiger partial charge is 0.361 e. The lowest BCUT2D eigenvalue weighted by molar-refractivity contribution is 0.0935. The van der Waals surface area contributed by atoms with Crippen LogP contribution in [-0.2, 0) is 0 Å². The van der Waals surface area contributed by atoms with Crippen LogP contribution in [0.15, 0.2) is 60.7 Å². The van der Waals surface area contributed by atoms with Gasteiger partial charge >= 0.3 is 0 Å². The SMILES string of the molecule is O=C1NC(c2ccc(-c3ccc(Cl)c(Cl)c3Cl)cc2)Nc2ccccc21. The maximum absolute atomic E-state index is 12.3. The number of rotatable bonds is 2. The summed E-state index contributed by atoms with van der Waals surface area (Å²) in [5.41, 5.74) is 4.12. The summed E-state index contributed by atoms with van der Waals surface area (Å²) in [6.07, 6.45) is -0.296. The predicted octanol–water partition coefficient (Wildman–Crippen LogP) is 6.17. The highest BCUT2D eigenvalue weighted by Gasteiger charge is 2.24. The minimum Gasteiger partial charge on any atom is -0.361 e. The lowest BCUT2D eigenvalue weighted by Gasteiger charge is -2.28. The molecule has 1 atom stereocenters. The standard InChI is InChI=1S/C20H13Cl3N2O/c21-15-10-9-13(17(22)18(15)23)11-5-7-12(8-6-11)19-24-16-4-2-1-3-14(16)20(26)25-19/h1-10,19,24H,(H,25,26). The van der Waals surface area contributed by atoms with E-state index in [9.17, 15) is 4.79 Å². The van der Waals surface area contributed by atoms with Crippen LogP contribution in [0.5, 0.6) is 0 Å². The Morgan fingerprint density at radius 1 is 0.731 bits per heavy atom. The normalized spacial score (nSPS) is 15.8. The first kappa shape index (κ1) is 17.2. The number of anilines is 1. The number of hydrogen-bond acceptors (Lipinski definition) is 2. The van der Waals surface area contributed by atoms with E-state index in [0.717, 1.165) is 22.4 Å². The van der Waals surface area contributed by atoms with Crippen molar-refractivity contribution in [3.63, 3.8) is 0 Å². The molecule has 1 aliphatic heterocycles. The van der Waals surface area contributed by atoms with Crippen LogP contribution in [-0.4, -0.2) is 5.91 Å². The van der Waals surface area contributed by atoms with E-state index < -0.39 is 0 Å². The Bertz CT molecular complexity index is 1000. The second-order valence-electron chi connectivity index (χ2n) is 5.94. The fourth-order valence-corrected chi connectivity index (χ4v) is 3.62. The summed E-state index contributed by atoms with van der Waals surface area (Å²) in [6, 6.07) is 18.8. The third kappa shape index (κ3) is 3.03. The van der Waals surface area contributed by atoms with E-state index >= 15 is 0 Å². The van der Waals surface area contributed by atoms with Gasteiger partial charge in [-0.2, -0.15) is 0 Å². The third-order valence-electron chi connectivity index (χ3n) is 4.34. The molecule has 1 heterocycles. The molecule has 3 aromatic rings. The number of hydrogen-bond donors (Lipinski definition) is 2. The number of carbonyl (C=O) groups is 1. The minimum atomic E-state index is -0.296. The Labute approximate surface area is 165 Å². The molecule has 1 aliphatic rings. The van der Waals surface area contributed by atoms with E-state index in [4.69, 9.17) is 34.8 Å². The summed E-state index contributed by atoms with van der Waals surface area (Å²) in [5, 5.41) is 7.48. The molecular formula is C20H13Cl3N2O. The highest BCUT2D eigenvalue weighted by molar-refractivity contribution is 6.49. The summed E-state index contributed by atoms with van der Waals surface area (Å²) in [7, 11) is 0. The molecule has 130 valence electrons. The molecular weight excluding hydrogens is 391 g/mol. The lowest BCUT2D eigenvalue weighted by Crippen LogP contribution is -2.38. The summed E-state index contributed by atoms with van der Waals surface area (Å²) >= 11 is 18.4. The Morgan fingerprint density at radius 2 is 1.46 bits per heavy atom. The van der Waals surface area contributed by atoms with Crippen molar-refractivity contribution in [3.05, 3.63) is 86.9 Å². The first-order chi connectivity index (χ1) is 12.5. The van der Waals surface area contributed by atoms with Gasteiger partial charge in [-0.15, -0.1) is 0 Å². The monoisotopic (exact) mass is 402 g/mol. The third-order valence-corrected chi connectivity index (χ3v) is 5.63. The van der Waals surface area contributed by atoms with Gasteiger partial charge in [0.2, 0.25) is 0 Å². The molecule has 3 aromatic carbocycles. The molecule has 0 aliphatic carbocycles. The summed E-state index contributed by atoms with van der Waals surface area (Å²) in [4.78, 5) is 12.3. The maximum atomic E-state index is 12.3. The van der Waals surface area contributed by atoms with Gasteiger partial charge in [-0.1, -0.05) is 77.3 Å². The minimum absolute atomic E-state index is 0.0963. The van der Waals surface area contributed by atoms with Gasteiger partial charge in [-0.05, 0) is 29.3 Å². The quantitative estimate of drug-likeness (QED) is 0.502. The zero-order chi connectivity index (χ0) is 18.3. The molecule has 0 spiro atoms. The van der Waals surface area contributed by atoms with Crippen molar-refractivity contribution in [2.24, 2.45) is 0 Å². The van der Waals surface area contributed by atoms with Gasteiger partial charge in [0.25, 0.3) is 5.91 Å². The van der Waals surface area contributed by atoms with E-state index in [1.165, 1.54) is 0 Å². The molecule has 2 N–H and O–H groups in total. The Kier molecular flexibility index (Phi) is 4.53. The number of amides is 1. The summed E-state index contributed by atoms with van der Waals surface area (Å²) < 4.78 is 0. The molecule has 0 fully saturated rings. The van der Waals surface area contributed by atoms with Crippen molar-refractivity contribution in [3.8, 4) is 11.1 Å². The number of carbonyl (C=O) groups excluding carboxylic acids is 1. The number of fused-ring (bicyclic) bond motifs is 1. The highest BCUT2D eigenvalue weighted by atomic mass is 35.5. The molecule has 26 heavy (non-hydrogen) atoms. The number of benzene rings is 3. The lowest BCUT2D eigenvalue weighted by atomic mass is 10.0. The van der Waals surface area contributed by atoms with Crippen LogP contribution >= 0.6 is 34.8 Å². The van der Waals surface area contributed by atoms with Gasteiger partial charge in [0.05, 0.1) is 20.6 Å². The molecule has 0 saturated carbocycles. The van der Waals surface area contributed by atoms with Gasteiger partial charge in [0.15, 0.2) is 0 Å². The van der Waals surface area contributed by atoms with Crippen LogP contribution < -0.4 is 10.6 Å².